The molecule has 0 aliphatic heterocycles. The standard InChI is InChI=1S/C7H8N2O4/c1-13-7(12)3-2-6(11)9-4-8-5-10/h2-5H,1H3,(H,8,9,10,11)/b3-2+. The fourth-order valence-corrected chi connectivity index (χ4v) is 0.391. The number of esters is 1. The lowest BCUT2D eigenvalue weighted by molar-refractivity contribution is -0.135. The summed E-state index contributed by atoms with van der Waals surface area (Å²) in [5.41, 5.74) is 0. The minimum absolute atomic E-state index is 0.268. The topological polar surface area (TPSA) is 84.8 Å². The van der Waals surface area contributed by atoms with E-state index in [9.17, 15) is 14.4 Å². The molecule has 6 heteroatoms. The quantitative estimate of drug-likeness (QED) is 0.200. The Labute approximate surface area is 74.3 Å². The van der Waals surface area contributed by atoms with Crippen LogP contribution in [0, 0.1) is 0 Å². The molecule has 0 aromatic carbocycles. The largest absolute Gasteiger partial charge is 0.466 e. The third-order valence-corrected chi connectivity index (χ3v) is 0.914. The van der Waals surface area contributed by atoms with E-state index in [1.54, 1.807) is 0 Å². The number of ether oxygens (including phenoxy) is 1. The van der Waals surface area contributed by atoms with E-state index in [0.717, 1.165) is 18.5 Å². The highest BCUT2D eigenvalue weighted by Gasteiger charge is 1.94. The van der Waals surface area contributed by atoms with E-state index >= 15 is 0 Å². The number of nitrogens with one attached hydrogen (secondary N) is 1. The molecule has 0 unspecified atom stereocenters. The summed E-state index contributed by atoms with van der Waals surface area (Å²) in [5, 5.41) is 2.11. The molecule has 0 aromatic heterocycles. The van der Waals surface area contributed by atoms with Gasteiger partial charge in [0.2, 0.25) is 12.3 Å². The fourth-order valence-electron chi connectivity index (χ4n) is 0.391. The molecule has 0 radical (unpaired) electrons. The summed E-state index contributed by atoms with van der Waals surface area (Å²) in [6.45, 7) is 0. The zero-order valence-electron chi connectivity index (χ0n) is 6.89. The second-order valence-corrected chi connectivity index (χ2v) is 1.75. The Morgan fingerprint density at radius 3 is 2.62 bits per heavy atom. The molecule has 0 rings (SSSR count). The van der Waals surface area contributed by atoms with Crippen molar-refractivity contribution in [3.63, 3.8) is 0 Å². The third-order valence-electron chi connectivity index (χ3n) is 0.914. The Bertz CT molecular complexity index is 257. The summed E-state index contributed by atoms with van der Waals surface area (Å²) < 4.78 is 4.23. The van der Waals surface area contributed by atoms with Gasteiger partial charge in [0.25, 0.3) is 0 Å². The smallest absolute Gasteiger partial charge is 0.330 e. The highest BCUT2D eigenvalue weighted by atomic mass is 16.5. The fraction of sp³-hybridized carbons (Fsp3) is 0.143. The first-order valence-corrected chi connectivity index (χ1v) is 3.22. The van der Waals surface area contributed by atoms with Crippen molar-refractivity contribution in [2.24, 2.45) is 4.99 Å². The van der Waals surface area contributed by atoms with Gasteiger partial charge < -0.3 is 10.1 Å². The molecule has 0 aromatic rings. The van der Waals surface area contributed by atoms with Crippen LogP contribution in [0.5, 0.6) is 0 Å². The van der Waals surface area contributed by atoms with E-state index in [1.165, 1.54) is 7.11 Å². The molecule has 0 fully saturated rings. The maximum atomic E-state index is 10.7. The first-order valence-electron chi connectivity index (χ1n) is 3.22. The van der Waals surface area contributed by atoms with Crippen LogP contribution in [0.2, 0.25) is 0 Å². The van der Waals surface area contributed by atoms with Crippen molar-refractivity contribution in [2.75, 3.05) is 7.11 Å². The second-order valence-electron chi connectivity index (χ2n) is 1.75. The maximum Gasteiger partial charge on any atom is 0.330 e. The predicted molar refractivity (Wildman–Crippen MR) is 43.9 cm³/mol. The van der Waals surface area contributed by atoms with Crippen LogP contribution < -0.4 is 5.32 Å². The number of hydrogen-bond donors (Lipinski definition) is 1. The van der Waals surface area contributed by atoms with Crippen molar-refractivity contribution in [1.29, 1.82) is 0 Å². The highest BCUT2D eigenvalue weighted by Crippen LogP contribution is 1.77. The van der Waals surface area contributed by atoms with Gasteiger partial charge in [-0.15, -0.1) is 0 Å². The first kappa shape index (κ1) is 11.0. The Balaban J connectivity index is 3.86. The molecule has 0 heterocycles. The summed E-state index contributed by atoms with van der Waals surface area (Å²) in [4.78, 5) is 33.9. The second kappa shape index (κ2) is 6.71. The molecule has 0 saturated heterocycles. The Kier molecular flexibility index (Phi) is 5.69. The highest BCUT2D eigenvalue weighted by molar-refractivity contribution is 5.99. The number of methoxy groups -OCH3 is 1. The molecule has 13 heavy (non-hydrogen) atoms. The van der Waals surface area contributed by atoms with Crippen LogP contribution >= 0.6 is 0 Å². The SMILES string of the molecule is COC(=O)/C=C/C(=O)NC=NC=O. The molecule has 0 aliphatic rings. The van der Waals surface area contributed by atoms with Gasteiger partial charge in [-0.3, -0.25) is 9.59 Å². The molecular weight excluding hydrogens is 176 g/mol. The van der Waals surface area contributed by atoms with Gasteiger partial charge in [-0.1, -0.05) is 0 Å². The van der Waals surface area contributed by atoms with Crippen LogP contribution in [0.3, 0.4) is 0 Å². The van der Waals surface area contributed by atoms with Crippen LogP contribution in [0.4, 0.5) is 0 Å². The molecule has 1 N–H and O–H groups in total. The summed E-state index contributed by atoms with van der Waals surface area (Å²) >= 11 is 0. The van der Waals surface area contributed by atoms with Gasteiger partial charge in [-0.2, -0.15) is 0 Å². The van der Waals surface area contributed by atoms with Gasteiger partial charge in [0.1, 0.15) is 0 Å². The summed E-state index contributed by atoms with van der Waals surface area (Å²) in [5.74, 6) is -1.21. The molecule has 0 spiro atoms. The van der Waals surface area contributed by atoms with Gasteiger partial charge >= 0.3 is 5.97 Å². The van der Waals surface area contributed by atoms with Crippen LogP contribution in [0.15, 0.2) is 17.1 Å². The third kappa shape index (κ3) is 6.42. The average molecular weight is 184 g/mol. The van der Waals surface area contributed by atoms with Gasteiger partial charge in [-0.25, -0.2) is 9.79 Å². The van der Waals surface area contributed by atoms with Crippen molar-refractivity contribution < 1.29 is 19.1 Å². The average Bonchev–Trinajstić information content (AvgIpc) is 2.14. The number of carbonyl (C=O) groups is 3. The van der Waals surface area contributed by atoms with E-state index in [0.29, 0.717) is 0 Å². The van der Waals surface area contributed by atoms with Gasteiger partial charge in [0.05, 0.1) is 13.4 Å². The number of rotatable bonds is 4. The predicted octanol–water partition coefficient (Wildman–Crippen LogP) is -0.984. The summed E-state index contributed by atoms with van der Waals surface area (Å²) in [6, 6.07) is 0. The maximum absolute atomic E-state index is 10.7. The van der Waals surface area contributed by atoms with E-state index in [-0.39, 0.29) is 6.41 Å². The molecule has 6 nitrogen and oxygen atoms in total. The van der Waals surface area contributed by atoms with Crippen LogP contribution in [-0.2, 0) is 19.1 Å². The van der Waals surface area contributed by atoms with E-state index < -0.39 is 11.9 Å². The molecule has 0 aliphatic carbocycles. The van der Waals surface area contributed by atoms with Crippen molar-refractivity contribution in [3.05, 3.63) is 12.2 Å². The van der Waals surface area contributed by atoms with E-state index in [2.05, 4.69) is 15.0 Å². The summed E-state index contributed by atoms with van der Waals surface area (Å²) in [6.07, 6.45) is 3.09. The number of hydrogen-bond acceptors (Lipinski definition) is 4. The monoisotopic (exact) mass is 184 g/mol. The van der Waals surface area contributed by atoms with Gasteiger partial charge in [-0.05, 0) is 0 Å². The molecule has 0 saturated carbocycles. The lowest BCUT2D eigenvalue weighted by Gasteiger charge is -1.90. The Morgan fingerprint density at radius 1 is 1.38 bits per heavy atom. The molecule has 0 bridgehead atoms. The van der Waals surface area contributed by atoms with Crippen molar-refractivity contribution in [2.45, 2.75) is 0 Å². The Hall–Kier alpha value is -1.98. The number of aliphatic imine (C=N–C) groups is 1. The van der Waals surface area contributed by atoms with Crippen molar-refractivity contribution >= 4 is 24.6 Å². The Morgan fingerprint density at radius 2 is 2.08 bits per heavy atom. The van der Waals surface area contributed by atoms with Crippen molar-refractivity contribution in [1.82, 2.24) is 5.32 Å². The molecular formula is C7H8N2O4. The number of carbonyl (C=O) groups excluding carboxylic acids is 3. The van der Waals surface area contributed by atoms with Crippen molar-refractivity contribution in [3.8, 4) is 0 Å². The van der Waals surface area contributed by atoms with Gasteiger partial charge in [0.15, 0.2) is 0 Å². The minimum atomic E-state index is -0.637. The zero-order chi connectivity index (χ0) is 10.1. The van der Waals surface area contributed by atoms with Crippen LogP contribution in [-0.4, -0.2) is 31.7 Å². The lowest BCUT2D eigenvalue weighted by Crippen LogP contribution is -2.19. The summed E-state index contributed by atoms with van der Waals surface area (Å²) in [7, 11) is 1.19. The number of amides is 2. The lowest BCUT2D eigenvalue weighted by atomic mass is 10.5. The minimum Gasteiger partial charge on any atom is -0.466 e. The molecule has 0 atom stereocenters. The van der Waals surface area contributed by atoms with Gasteiger partial charge in [0, 0.05) is 12.2 Å². The zero-order valence-corrected chi connectivity index (χ0v) is 6.89. The van der Waals surface area contributed by atoms with E-state index in [1.807, 2.05) is 0 Å². The number of nitrogens with zero attached hydrogens (tertiary/aromatic N) is 1. The van der Waals surface area contributed by atoms with E-state index in [4.69, 9.17) is 0 Å². The first-order chi connectivity index (χ1) is 6.20. The normalized spacial score (nSPS) is 10.2. The molecule has 2 amide bonds. The van der Waals surface area contributed by atoms with Crippen LogP contribution in [0.25, 0.3) is 0 Å². The van der Waals surface area contributed by atoms with Crippen LogP contribution in [0.1, 0.15) is 0 Å². The molecule has 70 valence electrons.